The lowest BCUT2D eigenvalue weighted by Crippen LogP contribution is -2.41. The Labute approximate surface area is 725 Å². The van der Waals surface area contributed by atoms with Gasteiger partial charge in [0, 0.05) is 128 Å². The van der Waals surface area contributed by atoms with Gasteiger partial charge in [-0.25, -0.2) is 19.9 Å². The van der Waals surface area contributed by atoms with Gasteiger partial charge in [0.25, 0.3) is 0 Å². The molecular weight excluding hydrogens is 1580 g/mol. The van der Waals surface area contributed by atoms with Crippen molar-refractivity contribution in [3.63, 3.8) is 0 Å². The van der Waals surface area contributed by atoms with Crippen LogP contribution in [0.25, 0.3) is 218 Å². The van der Waals surface area contributed by atoms with E-state index in [1.807, 2.05) is 97.1 Å². The van der Waals surface area contributed by atoms with Crippen molar-refractivity contribution in [2.24, 2.45) is 0 Å². The molecule has 9 heterocycles. The van der Waals surface area contributed by atoms with E-state index < -0.39 is 18.3 Å². The molecule has 124 heavy (non-hydrogen) atoms. The summed E-state index contributed by atoms with van der Waals surface area (Å²) in [5, 5.41) is 14.3. The smallest absolute Gasteiger partial charge is 0.456 e. The van der Waals surface area contributed by atoms with Crippen LogP contribution in [0, 0.1) is 0 Å². The number of hydrogen-bond donors (Lipinski definition) is 0. The number of halogens is 1. The van der Waals surface area contributed by atoms with E-state index in [9.17, 15) is 0 Å². The predicted molar refractivity (Wildman–Crippen MR) is 514 cm³/mol. The van der Waals surface area contributed by atoms with Gasteiger partial charge in [-0.3, -0.25) is 0 Å². The van der Waals surface area contributed by atoms with Gasteiger partial charge in [0.05, 0.1) is 33.3 Å². The second kappa shape index (κ2) is 30.0. The maximum Gasteiger partial charge on any atom is 0.496 e. The zero-order valence-electron chi connectivity index (χ0n) is 67.6. The highest BCUT2D eigenvalue weighted by Gasteiger charge is 2.52. The molecule has 590 valence electrons. The molecule has 12 nitrogen and oxygen atoms in total. The zero-order chi connectivity index (χ0) is 82.9. The molecule has 16 aromatic carbocycles. The SMILES string of the molecule is CC1(C)OB(c2cc(-n3c4ccccc4c4ccccc43)cc3c2sc2ccc4oc5ccccc5c4c23)OC1(C)C.Clc1nc(-c2ccccc2)nc(-c2cccc(-c3ccccc3)c2)n1.c1ccc(-c2cccc(-c3nc(-c4ccccc4)nc(-c4cc(-n5c6ccccc6c6ccccc65)cc5c4sc4ccc6oc7ccccc7c6c45)n3)c2)cc1. The van der Waals surface area contributed by atoms with Gasteiger partial charge < -0.3 is 27.3 Å². The third-order valence-electron chi connectivity index (χ3n) is 24.3. The third-order valence-corrected chi connectivity index (χ3v) is 26.9. The van der Waals surface area contributed by atoms with Gasteiger partial charge in [0.2, 0.25) is 5.28 Å². The summed E-state index contributed by atoms with van der Waals surface area (Å²) in [6.45, 7) is 8.47. The van der Waals surface area contributed by atoms with Crippen LogP contribution in [0.4, 0.5) is 0 Å². The van der Waals surface area contributed by atoms with Crippen molar-refractivity contribution >= 4 is 175 Å². The van der Waals surface area contributed by atoms with Crippen molar-refractivity contribution in [1.82, 2.24) is 39.0 Å². The molecule has 0 radical (unpaired) electrons. The molecule has 0 amide bonds. The maximum atomic E-state index is 6.70. The number of thiophene rings is 2. The fourth-order valence-electron chi connectivity index (χ4n) is 17.8. The Hall–Kier alpha value is -14.5. The number of para-hydroxylation sites is 6. The second-order valence-electron chi connectivity index (χ2n) is 32.3. The summed E-state index contributed by atoms with van der Waals surface area (Å²) in [7, 11) is -0.491. The van der Waals surface area contributed by atoms with Crippen LogP contribution in [-0.4, -0.2) is 57.4 Å². The van der Waals surface area contributed by atoms with E-state index in [1.54, 1.807) is 22.7 Å². The summed E-state index contributed by atoms with van der Waals surface area (Å²) < 4.78 is 35.7. The van der Waals surface area contributed by atoms with E-state index in [1.165, 1.54) is 62.8 Å². The van der Waals surface area contributed by atoms with Crippen LogP contribution in [0.2, 0.25) is 5.28 Å². The number of furan rings is 2. The lowest BCUT2D eigenvalue weighted by atomic mass is 9.78. The standard InChI is InChI=1S/C51H30N4OS.C36H28BNO3S.C21H14ClN3/c1-3-14-31(15-4-1)33-18-13-19-34(28-33)50-52-49(32-16-5-2-6-17-32)53-51(54-50)40-30-35(55-41-23-10-7-20-36(41)37-21-8-11-24-42(37)55)29-39-47-45(57-48(39)40)27-26-44-46(47)38-22-9-12-25-43(38)56-44;1-35(2)36(3,4)41-37(40-35)26-20-21(38-27-14-8-5-11-22(27)23-12-6-9-15-28(23)38)19-25-33-31(42-34(25)26)18-17-30-32(33)24-13-7-10-16-29(24)39-30;22-21-24-19(16-10-5-2-6-11-16)23-20(25-21)18-13-7-12-17(14-18)15-8-3-1-4-9-15/h1-30H;5-20H,1-4H3;1-14H. The Morgan fingerprint density at radius 2 is 0.613 bits per heavy atom. The first-order valence-corrected chi connectivity index (χ1v) is 43.4. The van der Waals surface area contributed by atoms with Crippen molar-refractivity contribution < 1.29 is 18.1 Å². The third kappa shape index (κ3) is 12.8. The van der Waals surface area contributed by atoms with Crippen molar-refractivity contribution in [2.75, 3.05) is 0 Å². The van der Waals surface area contributed by atoms with Gasteiger partial charge in [-0.15, -0.1) is 22.7 Å². The minimum absolute atomic E-state index is 0.189. The maximum absolute atomic E-state index is 6.70. The van der Waals surface area contributed by atoms with Crippen molar-refractivity contribution in [3.05, 3.63) is 369 Å². The summed E-state index contributed by atoms with van der Waals surface area (Å²) in [4.78, 5) is 29.0. The quantitative estimate of drug-likeness (QED) is 0.122. The van der Waals surface area contributed by atoms with Gasteiger partial charge in [-0.1, -0.05) is 267 Å². The van der Waals surface area contributed by atoms with Crippen molar-refractivity contribution in [3.8, 4) is 90.6 Å². The van der Waals surface area contributed by atoms with Gasteiger partial charge in [-0.2, -0.15) is 9.97 Å². The summed E-state index contributed by atoms with van der Waals surface area (Å²) in [6, 6.07) is 126. The molecule has 0 spiro atoms. The van der Waals surface area contributed by atoms with E-state index in [0.29, 0.717) is 29.1 Å². The molecule has 25 rings (SSSR count). The monoisotopic (exact) mass is 1650 g/mol. The fourth-order valence-corrected chi connectivity index (χ4v) is 20.4. The summed E-state index contributed by atoms with van der Waals surface area (Å²) in [5.41, 5.74) is 19.6. The highest BCUT2D eigenvalue weighted by Crippen LogP contribution is 2.50. The summed E-state index contributed by atoms with van der Waals surface area (Å²) in [6.07, 6.45) is 0. The molecule has 1 aliphatic heterocycles. The average molecular weight is 1660 g/mol. The number of hydrogen-bond acceptors (Lipinski definition) is 12. The molecule has 16 heteroatoms. The molecule has 1 saturated heterocycles. The predicted octanol–water partition coefficient (Wildman–Crippen LogP) is 28.8. The molecular formula is C108H72BClN8O4S2. The van der Waals surface area contributed by atoms with Crippen LogP contribution in [-0.2, 0) is 9.31 Å². The van der Waals surface area contributed by atoms with Crippen LogP contribution in [0.3, 0.4) is 0 Å². The first-order valence-electron chi connectivity index (χ1n) is 41.4. The largest absolute Gasteiger partial charge is 0.496 e. The average Bonchev–Trinajstić information content (AvgIpc) is 1.56. The van der Waals surface area contributed by atoms with Crippen LogP contribution < -0.4 is 5.46 Å². The molecule has 24 aromatic rings. The van der Waals surface area contributed by atoms with Crippen LogP contribution in [0.5, 0.6) is 0 Å². The number of nitrogens with zero attached hydrogens (tertiary/aromatic N) is 8. The highest BCUT2D eigenvalue weighted by atomic mass is 35.5. The summed E-state index contributed by atoms with van der Waals surface area (Å²) >= 11 is 9.72. The van der Waals surface area contributed by atoms with Crippen LogP contribution in [0.1, 0.15) is 27.7 Å². The molecule has 0 unspecified atom stereocenters. The van der Waals surface area contributed by atoms with E-state index >= 15 is 0 Å². The molecule has 1 aliphatic rings. The highest BCUT2D eigenvalue weighted by molar-refractivity contribution is 7.27. The van der Waals surface area contributed by atoms with Gasteiger partial charge in [0.15, 0.2) is 29.1 Å². The normalized spacial score (nSPS) is 13.2. The Balaban J connectivity index is 0.000000116. The topological polar surface area (TPSA) is 132 Å². The first kappa shape index (κ1) is 74.5. The minimum Gasteiger partial charge on any atom is -0.456 e. The molecule has 0 aliphatic carbocycles. The molecule has 0 saturated carbocycles. The van der Waals surface area contributed by atoms with Gasteiger partial charge >= 0.3 is 7.12 Å². The zero-order valence-corrected chi connectivity index (χ0v) is 70.0. The molecule has 1 fully saturated rings. The lowest BCUT2D eigenvalue weighted by molar-refractivity contribution is 0.00578. The van der Waals surface area contributed by atoms with Crippen LogP contribution in [0.15, 0.2) is 373 Å². The number of fused-ring (bicyclic) bond motifs is 20. The molecule has 8 aromatic heterocycles. The minimum atomic E-state index is -0.491. The fraction of sp³-hybridized carbons (Fsp3) is 0.0556. The Kier molecular flexibility index (Phi) is 18.0. The van der Waals surface area contributed by atoms with Gasteiger partial charge in [0.1, 0.15) is 22.3 Å². The van der Waals surface area contributed by atoms with E-state index in [4.69, 9.17) is 44.7 Å². The number of aromatic nitrogens is 8. The molecule has 0 N–H and O–H groups in total. The van der Waals surface area contributed by atoms with Crippen molar-refractivity contribution in [1.29, 1.82) is 0 Å². The first-order chi connectivity index (χ1) is 60.8. The van der Waals surface area contributed by atoms with Gasteiger partial charge in [-0.05, 0) is 159 Å². The number of benzene rings is 16. The van der Waals surface area contributed by atoms with Crippen molar-refractivity contribution in [2.45, 2.75) is 38.9 Å². The Morgan fingerprint density at radius 1 is 0.274 bits per heavy atom. The Morgan fingerprint density at radius 3 is 1.06 bits per heavy atom. The van der Waals surface area contributed by atoms with E-state index in [2.05, 4.69) is 319 Å². The van der Waals surface area contributed by atoms with E-state index in [-0.39, 0.29) is 5.28 Å². The van der Waals surface area contributed by atoms with E-state index in [0.717, 1.165) is 132 Å². The second-order valence-corrected chi connectivity index (χ2v) is 34.8. The lowest BCUT2D eigenvalue weighted by Gasteiger charge is -2.32. The number of rotatable bonds is 10. The Bertz CT molecular complexity index is 8250. The molecule has 0 atom stereocenters. The molecule has 0 bridgehead atoms. The van der Waals surface area contributed by atoms with Crippen LogP contribution >= 0.6 is 34.3 Å². The summed E-state index contributed by atoms with van der Waals surface area (Å²) in [5.74, 6) is 3.01.